The van der Waals surface area contributed by atoms with E-state index >= 15 is 0 Å². The van der Waals surface area contributed by atoms with Crippen LogP contribution in [-0.2, 0) is 19.1 Å². The van der Waals surface area contributed by atoms with E-state index in [1.807, 2.05) is 0 Å². The van der Waals surface area contributed by atoms with Crippen molar-refractivity contribution in [3.8, 4) is 0 Å². The lowest BCUT2D eigenvalue weighted by Crippen LogP contribution is -2.49. The molecule has 1 saturated carbocycles. The van der Waals surface area contributed by atoms with Gasteiger partial charge < -0.3 is 14.8 Å². The van der Waals surface area contributed by atoms with Crippen LogP contribution in [0.2, 0.25) is 0 Å². The molecule has 108 valence electrons. The summed E-state index contributed by atoms with van der Waals surface area (Å²) in [4.78, 5) is 24.0. The molecule has 0 aromatic carbocycles. The van der Waals surface area contributed by atoms with E-state index in [2.05, 4.69) is 5.32 Å². The topological polar surface area (TPSA) is 64.6 Å². The van der Waals surface area contributed by atoms with E-state index in [9.17, 15) is 9.59 Å². The van der Waals surface area contributed by atoms with Crippen LogP contribution in [0.4, 0.5) is 0 Å². The SMILES string of the molecule is COC(=O)[C@@H](NC(=O)[C@@H]1CCOC1)C1CCCCC1. The van der Waals surface area contributed by atoms with Gasteiger partial charge in [0.15, 0.2) is 0 Å². The minimum absolute atomic E-state index is 0.0709. The quantitative estimate of drug-likeness (QED) is 0.780. The Bertz CT molecular complexity index is 319. The first-order valence-corrected chi connectivity index (χ1v) is 7.18. The predicted octanol–water partition coefficient (Wildman–Crippen LogP) is 1.26. The van der Waals surface area contributed by atoms with Gasteiger partial charge in [-0.3, -0.25) is 4.79 Å². The number of carbonyl (C=O) groups is 2. The molecule has 1 aliphatic carbocycles. The van der Waals surface area contributed by atoms with Crippen molar-refractivity contribution in [2.24, 2.45) is 11.8 Å². The van der Waals surface area contributed by atoms with Gasteiger partial charge in [-0.2, -0.15) is 0 Å². The minimum Gasteiger partial charge on any atom is -0.467 e. The fraction of sp³-hybridized carbons (Fsp3) is 0.857. The van der Waals surface area contributed by atoms with Crippen molar-refractivity contribution in [2.75, 3.05) is 20.3 Å². The molecule has 5 heteroatoms. The fourth-order valence-electron chi connectivity index (χ4n) is 2.98. The molecule has 5 nitrogen and oxygen atoms in total. The molecule has 1 amide bonds. The summed E-state index contributed by atoms with van der Waals surface area (Å²) in [6.07, 6.45) is 6.18. The minimum atomic E-state index is -0.488. The summed E-state index contributed by atoms with van der Waals surface area (Å²) in [5.41, 5.74) is 0. The number of hydrogen-bond acceptors (Lipinski definition) is 4. The molecule has 2 rings (SSSR count). The Balaban J connectivity index is 1.96. The summed E-state index contributed by atoms with van der Waals surface area (Å²) >= 11 is 0. The van der Waals surface area contributed by atoms with Crippen LogP contribution >= 0.6 is 0 Å². The smallest absolute Gasteiger partial charge is 0.328 e. The second kappa shape index (κ2) is 6.89. The lowest BCUT2D eigenvalue weighted by atomic mass is 9.83. The van der Waals surface area contributed by atoms with Gasteiger partial charge in [-0.05, 0) is 25.2 Å². The van der Waals surface area contributed by atoms with Gasteiger partial charge in [0.1, 0.15) is 6.04 Å². The first kappa shape index (κ1) is 14.3. The second-order valence-corrected chi connectivity index (χ2v) is 5.47. The standard InChI is InChI=1S/C14H23NO4/c1-18-14(17)12(10-5-3-2-4-6-10)15-13(16)11-7-8-19-9-11/h10-12H,2-9H2,1H3,(H,15,16)/t11-,12+/m1/s1. The van der Waals surface area contributed by atoms with Crippen molar-refractivity contribution in [2.45, 2.75) is 44.6 Å². The van der Waals surface area contributed by atoms with E-state index in [-0.39, 0.29) is 23.7 Å². The highest BCUT2D eigenvalue weighted by atomic mass is 16.5. The molecule has 1 aliphatic heterocycles. The summed E-state index contributed by atoms with van der Waals surface area (Å²) in [5, 5.41) is 2.89. The molecule has 1 N–H and O–H groups in total. The number of ether oxygens (including phenoxy) is 2. The zero-order valence-electron chi connectivity index (χ0n) is 11.5. The highest BCUT2D eigenvalue weighted by Crippen LogP contribution is 2.27. The van der Waals surface area contributed by atoms with Crippen LogP contribution in [0.1, 0.15) is 38.5 Å². The third-order valence-electron chi connectivity index (χ3n) is 4.17. The van der Waals surface area contributed by atoms with Gasteiger partial charge in [0.25, 0.3) is 0 Å². The Labute approximate surface area is 114 Å². The summed E-state index contributed by atoms with van der Waals surface area (Å²) in [6.45, 7) is 1.09. The number of carbonyl (C=O) groups excluding carboxylic acids is 2. The van der Waals surface area contributed by atoms with Crippen LogP contribution in [-0.4, -0.2) is 38.2 Å². The molecule has 19 heavy (non-hydrogen) atoms. The number of amides is 1. The average molecular weight is 269 g/mol. The monoisotopic (exact) mass is 269 g/mol. The maximum atomic E-state index is 12.1. The molecule has 1 heterocycles. The number of rotatable bonds is 4. The molecule has 1 saturated heterocycles. The third-order valence-corrected chi connectivity index (χ3v) is 4.17. The molecule has 0 radical (unpaired) electrons. The molecule has 0 aromatic heterocycles. The largest absolute Gasteiger partial charge is 0.467 e. The first-order valence-electron chi connectivity index (χ1n) is 7.18. The van der Waals surface area contributed by atoms with Crippen molar-refractivity contribution < 1.29 is 19.1 Å². The number of methoxy groups -OCH3 is 1. The molecule has 2 aliphatic rings. The number of nitrogens with one attached hydrogen (secondary N) is 1. The van der Waals surface area contributed by atoms with Crippen molar-refractivity contribution in [3.05, 3.63) is 0 Å². The average Bonchev–Trinajstić information content (AvgIpc) is 2.99. The zero-order valence-corrected chi connectivity index (χ0v) is 11.5. The third kappa shape index (κ3) is 3.69. The van der Waals surface area contributed by atoms with Crippen molar-refractivity contribution in [3.63, 3.8) is 0 Å². The highest BCUT2D eigenvalue weighted by Gasteiger charge is 2.34. The number of hydrogen-bond donors (Lipinski definition) is 1. The second-order valence-electron chi connectivity index (χ2n) is 5.47. The van der Waals surface area contributed by atoms with E-state index in [0.29, 0.717) is 13.2 Å². The van der Waals surface area contributed by atoms with Crippen LogP contribution in [0.3, 0.4) is 0 Å². The maximum Gasteiger partial charge on any atom is 0.328 e. The molecular formula is C14H23NO4. The lowest BCUT2D eigenvalue weighted by Gasteiger charge is -2.29. The summed E-state index contributed by atoms with van der Waals surface area (Å²) in [5.74, 6) is -0.291. The van der Waals surface area contributed by atoms with E-state index in [1.54, 1.807) is 0 Å². The Hall–Kier alpha value is -1.10. The van der Waals surface area contributed by atoms with E-state index in [4.69, 9.17) is 9.47 Å². The van der Waals surface area contributed by atoms with Gasteiger partial charge in [0.2, 0.25) is 5.91 Å². The lowest BCUT2D eigenvalue weighted by molar-refractivity contribution is -0.147. The summed E-state index contributed by atoms with van der Waals surface area (Å²) in [6, 6.07) is -0.488. The summed E-state index contributed by atoms with van der Waals surface area (Å²) in [7, 11) is 1.38. The molecular weight excluding hydrogens is 246 g/mol. The maximum absolute atomic E-state index is 12.1. The van der Waals surface area contributed by atoms with Crippen molar-refractivity contribution in [1.29, 1.82) is 0 Å². The highest BCUT2D eigenvalue weighted by molar-refractivity contribution is 5.86. The van der Waals surface area contributed by atoms with Crippen molar-refractivity contribution >= 4 is 11.9 Å². The van der Waals surface area contributed by atoms with Crippen LogP contribution in [0.25, 0.3) is 0 Å². The molecule has 0 spiro atoms. The molecule has 2 atom stereocenters. The van der Waals surface area contributed by atoms with E-state index in [0.717, 1.165) is 32.1 Å². The fourth-order valence-corrected chi connectivity index (χ4v) is 2.98. The van der Waals surface area contributed by atoms with Gasteiger partial charge in [0.05, 0.1) is 19.6 Å². The Morgan fingerprint density at radius 3 is 2.53 bits per heavy atom. The molecule has 2 fully saturated rings. The Morgan fingerprint density at radius 2 is 1.95 bits per heavy atom. The van der Waals surface area contributed by atoms with Crippen LogP contribution < -0.4 is 5.32 Å². The van der Waals surface area contributed by atoms with Gasteiger partial charge in [-0.1, -0.05) is 19.3 Å². The van der Waals surface area contributed by atoms with Gasteiger partial charge in [0, 0.05) is 6.61 Å². The van der Waals surface area contributed by atoms with Crippen LogP contribution in [0, 0.1) is 11.8 Å². The van der Waals surface area contributed by atoms with Gasteiger partial charge >= 0.3 is 5.97 Å². The Morgan fingerprint density at radius 1 is 1.21 bits per heavy atom. The molecule has 0 aromatic rings. The zero-order chi connectivity index (χ0) is 13.7. The Kier molecular flexibility index (Phi) is 5.19. The van der Waals surface area contributed by atoms with Crippen LogP contribution in [0.5, 0.6) is 0 Å². The normalized spacial score (nSPS) is 25.8. The van der Waals surface area contributed by atoms with Gasteiger partial charge in [-0.15, -0.1) is 0 Å². The summed E-state index contributed by atoms with van der Waals surface area (Å²) < 4.78 is 10.1. The van der Waals surface area contributed by atoms with Crippen molar-refractivity contribution in [1.82, 2.24) is 5.32 Å². The number of esters is 1. The van der Waals surface area contributed by atoms with Crippen LogP contribution in [0.15, 0.2) is 0 Å². The van der Waals surface area contributed by atoms with E-state index < -0.39 is 6.04 Å². The molecule has 0 bridgehead atoms. The van der Waals surface area contributed by atoms with Gasteiger partial charge in [-0.25, -0.2) is 4.79 Å². The first-order chi connectivity index (χ1) is 9.22. The molecule has 0 unspecified atom stereocenters. The van der Waals surface area contributed by atoms with E-state index in [1.165, 1.54) is 13.5 Å². The predicted molar refractivity (Wildman–Crippen MR) is 69.4 cm³/mol.